The van der Waals surface area contributed by atoms with Crippen LogP contribution in [-0.4, -0.2) is 75.0 Å². The van der Waals surface area contributed by atoms with Gasteiger partial charge in [0.25, 0.3) is 0 Å². The third kappa shape index (κ3) is 8.42. The largest absolute Gasteiger partial charge is 0.491 e. The Morgan fingerprint density at radius 1 is 1.04 bits per heavy atom. The maximum absolute atomic E-state index is 13.6. The number of halogens is 2. The van der Waals surface area contributed by atoms with Gasteiger partial charge in [0, 0.05) is 37.7 Å². The smallest absolute Gasteiger partial charge is 0.323 e. The van der Waals surface area contributed by atoms with Gasteiger partial charge in [0.05, 0.1) is 29.0 Å². The van der Waals surface area contributed by atoms with Crippen LogP contribution in [0.2, 0.25) is 5.02 Å². The fourth-order valence-corrected chi connectivity index (χ4v) is 6.35. The van der Waals surface area contributed by atoms with E-state index in [1.165, 1.54) is 0 Å². The molecule has 0 radical (unpaired) electrons. The maximum Gasteiger partial charge on any atom is 0.323 e. The summed E-state index contributed by atoms with van der Waals surface area (Å²) in [6, 6.07) is 17.2. The number of amides is 1. The number of aliphatic carboxylic acids is 1. The van der Waals surface area contributed by atoms with Crippen LogP contribution < -0.4 is 14.8 Å². The first-order valence-corrected chi connectivity index (χ1v) is 16.7. The molecule has 0 fully saturated rings. The van der Waals surface area contributed by atoms with Gasteiger partial charge in [-0.1, -0.05) is 66.2 Å². The van der Waals surface area contributed by atoms with Crippen LogP contribution in [0.1, 0.15) is 37.0 Å². The van der Waals surface area contributed by atoms with E-state index in [9.17, 15) is 19.8 Å². The molecule has 1 aromatic heterocycles. The molecule has 1 aliphatic carbocycles. The van der Waals surface area contributed by atoms with Gasteiger partial charge in [-0.25, -0.2) is 4.63 Å². The Labute approximate surface area is 294 Å². The van der Waals surface area contributed by atoms with E-state index >= 15 is 0 Å². The zero-order chi connectivity index (χ0) is 35.0. The predicted octanol–water partition coefficient (Wildman–Crippen LogP) is 5.87. The minimum atomic E-state index is -1.20. The van der Waals surface area contributed by atoms with E-state index in [-0.39, 0.29) is 42.9 Å². The van der Waals surface area contributed by atoms with Crippen molar-refractivity contribution in [3.05, 3.63) is 101 Å². The first-order chi connectivity index (χ1) is 23.7. The van der Waals surface area contributed by atoms with Crippen molar-refractivity contribution in [1.82, 2.24) is 20.5 Å². The van der Waals surface area contributed by atoms with Crippen molar-refractivity contribution in [2.24, 2.45) is 5.41 Å². The molecular weight excluding hydrogens is 671 g/mol. The van der Waals surface area contributed by atoms with Gasteiger partial charge in [-0.15, -0.1) is 11.6 Å². The quantitative estimate of drug-likeness (QED) is 0.121. The summed E-state index contributed by atoms with van der Waals surface area (Å²) < 4.78 is 17.5. The van der Waals surface area contributed by atoms with E-state index in [1.54, 1.807) is 29.2 Å². The predicted molar refractivity (Wildman–Crippen MR) is 187 cm³/mol. The highest BCUT2D eigenvalue weighted by Gasteiger charge is 2.43. The molecule has 0 saturated heterocycles. The standard InChI is InChI=1S/C36H38Cl2N4O7/c1-3-42(4-2)33(44)18-36(14-8-11-26(34(36)38)24-9-6-5-7-10-24)22-48-32-17-31(25(16-27(32)37)19-39-30(20-43)35(45)46)47-21-23-12-13-28-29(15-23)41-49-40-28/h5-17,30,34,39,43H,3-4,18-22H2,1-2H3,(H,45,46). The molecule has 3 atom stereocenters. The first-order valence-electron chi connectivity index (χ1n) is 15.9. The molecule has 13 heteroatoms. The van der Waals surface area contributed by atoms with Gasteiger partial charge in [0.2, 0.25) is 5.91 Å². The number of benzene rings is 3. The monoisotopic (exact) mass is 708 g/mol. The van der Waals surface area contributed by atoms with Gasteiger partial charge in [0.15, 0.2) is 0 Å². The van der Waals surface area contributed by atoms with E-state index in [4.69, 9.17) is 37.3 Å². The lowest BCUT2D eigenvalue weighted by atomic mass is 9.74. The molecule has 11 nitrogen and oxygen atoms in total. The average molecular weight is 710 g/mol. The summed E-state index contributed by atoms with van der Waals surface area (Å²) in [5, 5.41) is 29.1. The summed E-state index contributed by atoms with van der Waals surface area (Å²) >= 11 is 14.0. The summed E-state index contributed by atoms with van der Waals surface area (Å²) in [6.07, 6.45) is 5.89. The molecule has 3 aromatic carbocycles. The van der Waals surface area contributed by atoms with Crippen LogP contribution in [0.4, 0.5) is 0 Å². The van der Waals surface area contributed by atoms with Crippen molar-refractivity contribution >= 4 is 51.7 Å². The number of aromatic nitrogens is 2. The second-order valence-corrected chi connectivity index (χ2v) is 12.5. The molecule has 1 heterocycles. The minimum Gasteiger partial charge on any atom is -0.491 e. The van der Waals surface area contributed by atoms with Crippen molar-refractivity contribution in [1.29, 1.82) is 0 Å². The lowest BCUT2D eigenvalue weighted by molar-refractivity contribution is -0.140. The molecule has 3 N–H and O–H groups in total. The van der Waals surface area contributed by atoms with Crippen LogP contribution in [0.15, 0.2) is 83.5 Å². The lowest BCUT2D eigenvalue weighted by Gasteiger charge is -2.39. The van der Waals surface area contributed by atoms with E-state index in [0.717, 1.165) is 16.7 Å². The number of hydrogen-bond donors (Lipinski definition) is 3. The minimum absolute atomic E-state index is 0.0209. The van der Waals surface area contributed by atoms with Gasteiger partial charge >= 0.3 is 5.97 Å². The van der Waals surface area contributed by atoms with Gasteiger partial charge < -0.3 is 24.6 Å². The van der Waals surface area contributed by atoms with Crippen LogP contribution >= 0.6 is 23.2 Å². The Morgan fingerprint density at radius 2 is 1.80 bits per heavy atom. The van der Waals surface area contributed by atoms with Crippen LogP contribution in [-0.2, 0) is 22.7 Å². The number of carboxylic acid groups (broad SMARTS) is 1. The molecule has 5 rings (SSSR count). The van der Waals surface area contributed by atoms with Gasteiger partial charge in [-0.3, -0.25) is 14.9 Å². The average Bonchev–Trinajstić information content (AvgIpc) is 3.57. The number of allylic oxidation sites excluding steroid dienone is 3. The van der Waals surface area contributed by atoms with Crippen molar-refractivity contribution < 1.29 is 33.9 Å². The molecule has 4 aromatic rings. The highest BCUT2D eigenvalue weighted by atomic mass is 35.5. The summed E-state index contributed by atoms with van der Waals surface area (Å²) in [6.45, 7) is 4.56. The molecule has 0 spiro atoms. The van der Waals surface area contributed by atoms with Crippen LogP contribution in [0.3, 0.4) is 0 Å². The summed E-state index contributed by atoms with van der Waals surface area (Å²) in [4.78, 5) is 26.9. The second kappa shape index (κ2) is 16.3. The fourth-order valence-electron chi connectivity index (χ4n) is 5.70. The van der Waals surface area contributed by atoms with Gasteiger partial charge in [-0.2, -0.15) is 0 Å². The van der Waals surface area contributed by atoms with E-state index < -0.39 is 29.4 Å². The SMILES string of the molecule is CCN(CC)C(=O)CC1(COc2cc(OCc3ccc4nonc4c3)c(CNC(CO)C(=O)O)cc2Cl)C=CC=C(c2ccccc2)C1Cl. The molecule has 3 unspecified atom stereocenters. The molecule has 0 aliphatic heterocycles. The number of carboxylic acids is 1. The van der Waals surface area contributed by atoms with Crippen molar-refractivity contribution in [3.8, 4) is 11.5 Å². The Morgan fingerprint density at radius 3 is 2.51 bits per heavy atom. The number of carbonyl (C=O) groups excluding carboxylic acids is 1. The number of rotatable bonds is 16. The third-order valence-corrected chi connectivity index (χ3v) is 9.49. The number of fused-ring (bicyclic) bond motifs is 1. The van der Waals surface area contributed by atoms with E-state index in [1.807, 2.05) is 68.5 Å². The number of aliphatic hydroxyl groups excluding tert-OH is 1. The zero-order valence-corrected chi connectivity index (χ0v) is 28.7. The molecular formula is C36H38Cl2N4O7. The van der Waals surface area contributed by atoms with Crippen LogP contribution in [0.5, 0.6) is 11.5 Å². The van der Waals surface area contributed by atoms with Crippen molar-refractivity contribution in [2.75, 3.05) is 26.3 Å². The van der Waals surface area contributed by atoms with Crippen molar-refractivity contribution in [3.63, 3.8) is 0 Å². The molecule has 1 aliphatic rings. The van der Waals surface area contributed by atoms with Crippen LogP contribution in [0, 0.1) is 5.41 Å². The maximum atomic E-state index is 13.6. The Hall–Kier alpha value is -4.42. The third-order valence-electron chi connectivity index (χ3n) is 8.53. The molecule has 258 valence electrons. The highest BCUT2D eigenvalue weighted by Crippen LogP contribution is 2.45. The second-order valence-electron chi connectivity index (χ2n) is 11.7. The van der Waals surface area contributed by atoms with E-state index in [0.29, 0.717) is 35.4 Å². The summed E-state index contributed by atoms with van der Waals surface area (Å²) in [5.41, 5.74) is 3.38. The van der Waals surface area contributed by atoms with Gasteiger partial charge in [-0.05, 0) is 59.1 Å². The Bertz CT molecular complexity index is 1830. The number of hydrogen-bond acceptors (Lipinski definition) is 9. The number of alkyl halides is 1. The Kier molecular flexibility index (Phi) is 11.9. The molecule has 0 bridgehead atoms. The molecule has 49 heavy (non-hydrogen) atoms. The number of carbonyl (C=O) groups is 2. The highest BCUT2D eigenvalue weighted by molar-refractivity contribution is 6.32. The number of nitrogens with one attached hydrogen (secondary N) is 1. The van der Waals surface area contributed by atoms with E-state index in [2.05, 4.69) is 15.6 Å². The lowest BCUT2D eigenvalue weighted by Crippen LogP contribution is -2.43. The number of nitrogens with zero attached hydrogens (tertiary/aromatic N) is 3. The fraction of sp³-hybridized carbons (Fsp3) is 0.333. The van der Waals surface area contributed by atoms with Gasteiger partial charge in [0.1, 0.15) is 35.2 Å². The first kappa shape index (κ1) is 35.9. The van der Waals surface area contributed by atoms with Crippen molar-refractivity contribution in [2.45, 2.75) is 44.8 Å². The summed E-state index contributed by atoms with van der Waals surface area (Å²) in [7, 11) is 0. The van der Waals surface area contributed by atoms with Crippen LogP contribution in [0.25, 0.3) is 16.6 Å². The zero-order valence-electron chi connectivity index (χ0n) is 27.1. The number of ether oxygens (including phenoxy) is 2. The Balaban J connectivity index is 1.45. The summed E-state index contributed by atoms with van der Waals surface area (Å²) in [5.74, 6) is -0.593. The normalized spacial score (nSPS) is 17.8. The molecule has 0 saturated carbocycles. The number of aliphatic hydroxyl groups is 1. The topological polar surface area (TPSA) is 147 Å². The molecule has 1 amide bonds.